The van der Waals surface area contributed by atoms with Crippen LogP contribution in [0.5, 0.6) is 0 Å². The minimum Gasteiger partial charge on any atom is -0.367 e. The molecule has 5 nitrogen and oxygen atoms in total. The first-order chi connectivity index (χ1) is 10.7. The Labute approximate surface area is 135 Å². The molecule has 6 heteroatoms. The van der Waals surface area contributed by atoms with E-state index < -0.39 is 0 Å². The number of hydrogen-bond acceptors (Lipinski definition) is 5. The lowest BCUT2D eigenvalue weighted by Crippen LogP contribution is -2.45. The summed E-state index contributed by atoms with van der Waals surface area (Å²) >= 11 is 5.95. The van der Waals surface area contributed by atoms with Crippen molar-refractivity contribution in [3.8, 4) is 11.1 Å². The monoisotopic (exact) mass is 320 g/mol. The van der Waals surface area contributed by atoms with Crippen molar-refractivity contribution in [3.05, 3.63) is 35.0 Å². The summed E-state index contributed by atoms with van der Waals surface area (Å²) in [4.78, 5) is 4.84. The van der Waals surface area contributed by atoms with Gasteiger partial charge in [-0.2, -0.15) is 0 Å². The zero-order valence-electron chi connectivity index (χ0n) is 12.8. The lowest BCUT2D eigenvalue weighted by Gasteiger charge is -2.33. The minimum absolute atomic E-state index is 0.365. The predicted octanol–water partition coefficient (Wildman–Crippen LogP) is 2.71. The fourth-order valence-corrected chi connectivity index (χ4v) is 2.97. The van der Waals surface area contributed by atoms with Gasteiger partial charge < -0.3 is 15.2 Å². The van der Waals surface area contributed by atoms with E-state index in [1.807, 2.05) is 24.3 Å². The number of anilines is 1. The molecule has 0 unspecified atom stereocenters. The SMILES string of the molecule is CCN1CCN(Cc2noc(N)c2-c2ccc(Cl)cc2)CC1. The van der Waals surface area contributed by atoms with Gasteiger partial charge in [0.2, 0.25) is 5.88 Å². The maximum Gasteiger partial charge on any atom is 0.230 e. The summed E-state index contributed by atoms with van der Waals surface area (Å²) in [5.41, 5.74) is 8.74. The van der Waals surface area contributed by atoms with Crippen LogP contribution in [0.1, 0.15) is 12.6 Å². The summed E-state index contributed by atoms with van der Waals surface area (Å²) < 4.78 is 5.22. The van der Waals surface area contributed by atoms with E-state index in [4.69, 9.17) is 21.9 Å². The fourth-order valence-electron chi connectivity index (χ4n) is 2.85. The second-order valence-electron chi connectivity index (χ2n) is 5.59. The number of halogens is 1. The molecule has 0 aliphatic carbocycles. The van der Waals surface area contributed by atoms with Crippen molar-refractivity contribution in [1.82, 2.24) is 15.0 Å². The molecule has 22 heavy (non-hydrogen) atoms. The maximum atomic E-state index is 5.97. The number of nitrogens with zero attached hydrogens (tertiary/aromatic N) is 3. The Kier molecular flexibility index (Phi) is 4.66. The number of piperazine rings is 1. The van der Waals surface area contributed by atoms with Crippen LogP contribution in [0.15, 0.2) is 28.8 Å². The van der Waals surface area contributed by atoms with Crippen molar-refractivity contribution in [1.29, 1.82) is 0 Å². The molecule has 1 aromatic carbocycles. The summed E-state index contributed by atoms with van der Waals surface area (Å²) in [6.07, 6.45) is 0. The van der Waals surface area contributed by atoms with Gasteiger partial charge in [-0.3, -0.25) is 4.90 Å². The van der Waals surface area contributed by atoms with E-state index in [9.17, 15) is 0 Å². The average molecular weight is 321 g/mol. The molecular formula is C16H21ClN4O. The van der Waals surface area contributed by atoms with Gasteiger partial charge in [-0.15, -0.1) is 0 Å². The summed E-state index contributed by atoms with van der Waals surface area (Å²) in [7, 11) is 0. The first kappa shape index (κ1) is 15.3. The second-order valence-corrected chi connectivity index (χ2v) is 6.02. The first-order valence-corrected chi connectivity index (χ1v) is 8.00. The Morgan fingerprint density at radius 2 is 1.77 bits per heavy atom. The Morgan fingerprint density at radius 3 is 2.41 bits per heavy atom. The number of likely N-dealkylation sites (N-methyl/N-ethyl adjacent to an activating group) is 1. The Morgan fingerprint density at radius 1 is 1.14 bits per heavy atom. The van der Waals surface area contributed by atoms with E-state index in [1.54, 1.807) is 0 Å². The highest BCUT2D eigenvalue weighted by atomic mass is 35.5. The molecule has 2 aromatic rings. The molecule has 2 heterocycles. The minimum atomic E-state index is 0.365. The summed E-state index contributed by atoms with van der Waals surface area (Å²) in [5.74, 6) is 0.365. The molecule has 118 valence electrons. The molecule has 0 radical (unpaired) electrons. The molecule has 0 spiro atoms. The van der Waals surface area contributed by atoms with Crippen molar-refractivity contribution in [3.63, 3.8) is 0 Å². The number of hydrogen-bond donors (Lipinski definition) is 1. The van der Waals surface area contributed by atoms with E-state index in [0.29, 0.717) is 10.9 Å². The van der Waals surface area contributed by atoms with E-state index in [-0.39, 0.29) is 0 Å². The number of nitrogens with two attached hydrogens (primary N) is 1. The molecule has 1 aliphatic heterocycles. The van der Waals surface area contributed by atoms with E-state index in [0.717, 1.165) is 56.1 Å². The quantitative estimate of drug-likeness (QED) is 0.938. The molecule has 1 saturated heterocycles. The highest BCUT2D eigenvalue weighted by Crippen LogP contribution is 2.31. The molecular weight excluding hydrogens is 300 g/mol. The average Bonchev–Trinajstić information content (AvgIpc) is 2.90. The van der Waals surface area contributed by atoms with Crippen molar-refractivity contribution in [2.75, 3.05) is 38.5 Å². The molecule has 3 rings (SSSR count). The zero-order chi connectivity index (χ0) is 15.5. The fraction of sp³-hybridized carbons (Fsp3) is 0.438. The molecule has 0 saturated carbocycles. The van der Waals surface area contributed by atoms with Gasteiger partial charge in [-0.25, -0.2) is 0 Å². The third-order valence-corrected chi connectivity index (χ3v) is 4.46. The van der Waals surface area contributed by atoms with Gasteiger partial charge >= 0.3 is 0 Å². The molecule has 1 aliphatic rings. The van der Waals surface area contributed by atoms with E-state index in [1.165, 1.54) is 0 Å². The Hall–Kier alpha value is -1.56. The van der Waals surface area contributed by atoms with Crippen molar-refractivity contribution in [2.24, 2.45) is 0 Å². The lowest BCUT2D eigenvalue weighted by atomic mass is 10.1. The number of aromatic nitrogens is 1. The smallest absolute Gasteiger partial charge is 0.230 e. The molecule has 2 N–H and O–H groups in total. The van der Waals surface area contributed by atoms with Crippen molar-refractivity contribution < 1.29 is 4.52 Å². The Balaban J connectivity index is 1.76. The van der Waals surface area contributed by atoms with Crippen molar-refractivity contribution in [2.45, 2.75) is 13.5 Å². The highest BCUT2D eigenvalue weighted by Gasteiger charge is 2.21. The van der Waals surface area contributed by atoms with Crippen LogP contribution in [0.2, 0.25) is 5.02 Å². The first-order valence-electron chi connectivity index (χ1n) is 7.62. The maximum absolute atomic E-state index is 5.97. The topological polar surface area (TPSA) is 58.5 Å². The number of benzene rings is 1. The van der Waals surface area contributed by atoms with Crippen LogP contribution >= 0.6 is 11.6 Å². The van der Waals surface area contributed by atoms with Crippen LogP contribution < -0.4 is 5.73 Å². The summed E-state index contributed by atoms with van der Waals surface area (Å²) in [5, 5.41) is 4.86. The van der Waals surface area contributed by atoms with Crippen LogP contribution in [0, 0.1) is 0 Å². The molecule has 0 bridgehead atoms. The number of nitrogen functional groups attached to an aromatic ring is 1. The van der Waals surface area contributed by atoms with E-state index in [2.05, 4.69) is 21.9 Å². The standard InChI is InChI=1S/C16H21ClN4O/c1-2-20-7-9-21(10-8-20)11-14-15(16(18)22-19-14)12-3-5-13(17)6-4-12/h3-6H,2,7-11,18H2,1H3. The van der Waals surface area contributed by atoms with Gasteiger partial charge in [0.05, 0.1) is 5.56 Å². The van der Waals surface area contributed by atoms with Gasteiger partial charge in [-0.05, 0) is 24.2 Å². The van der Waals surface area contributed by atoms with Gasteiger partial charge in [0.1, 0.15) is 5.69 Å². The normalized spacial score (nSPS) is 17.0. The molecule has 0 amide bonds. The number of rotatable bonds is 4. The zero-order valence-corrected chi connectivity index (χ0v) is 13.5. The molecule has 1 aromatic heterocycles. The highest BCUT2D eigenvalue weighted by molar-refractivity contribution is 6.30. The van der Waals surface area contributed by atoms with Gasteiger partial charge in [0.25, 0.3) is 0 Å². The van der Waals surface area contributed by atoms with E-state index >= 15 is 0 Å². The van der Waals surface area contributed by atoms with Crippen molar-refractivity contribution >= 4 is 17.5 Å². The van der Waals surface area contributed by atoms with Gasteiger partial charge in [-0.1, -0.05) is 35.8 Å². The van der Waals surface area contributed by atoms with Crippen LogP contribution in [0.3, 0.4) is 0 Å². The predicted molar refractivity (Wildman–Crippen MR) is 88.8 cm³/mol. The lowest BCUT2D eigenvalue weighted by molar-refractivity contribution is 0.130. The van der Waals surface area contributed by atoms with Crippen LogP contribution in [0.25, 0.3) is 11.1 Å². The Bertz CT molecular complexity index is 618. The van der Waals surface area contributed by atoms with Crippen LogP contribution in [-0.2, 0) is 6.54 Å². The molecule has 0 atom stereocenters. The van der Waals surface area contributed by atoms with Crippen LogP contribution in [0.4, 0.5) is 5.88 Å². The molecule has 1 fully saturated rings. The summed E-state index contributed by atoms with van der Waals surface area (Å²) in [6, 6.07) is 7.60. The van der Waals surface area contributed by atoms with Crippen LogP contribution in [-0.4, -0.2) is 47.7 Å². The third kappa shape index (κ3) is 3.27. The summed E-state index contributed by atoms with van der Waals surface area (Å²) in [6.45, 7) is 8.35. The third-order valence-electron chi connectivity index (χ3n) is 4.21. The van der Waals surface area contributed by atoms with Gasteiger partial charge in [0.15, 0.2) is 0 Å². The van der Waals surface area contributed by atoms with Gasteiger partial charge in [0, 0.05) is 37.7 Å². The second kappa shape index (κ2) is 6.69. The largest absolute Gasteiger partial charge is 0.367 e.